The third-order valence-corrected chi connectivity index (χ3v) is 3.86. The minimum atomic E-state index is 0.293. The van der Waals surface area contributed by atoms with Crippen LogP contribution in [0.2, 0.25) is 0 Å². The quantitative estimate of drug-likeness (QED) is 0.585. The van der Waals surface area contributed by atoms with Gasteiger partial charge in [0.05, 0.1) is 0 Å². The van der Waals surface area contributed by atoms with E-state index in [9.17, 15) is 0 Å². The summed E-state index contributed by atoms with van der Waals surface area (Å²) in [7, 11) is 0. The molecule has 3 rings (SSSR count). The second kappa shape index (κ2) is 4.61. The van der Waals surface area contributed by atoms with Crippen LogP contribution in [0.4, 0.5) is 0 Å². The number of hydrogen-bond donors (Lipinski definition) is 0. The van der Waals surface area contributed by atoms with Crippen molar-refractivity contribution in [3.8, 4) is 0 Å². The highest BCUT2D eigenvalue weighted by atomic mass is 14.5. The first-order valence-electron chi connectivity index (χ1n) is 6.63. The topological polar surface area (TPSA) is 0 Å². The maximum Gasteiger partial charge on any atom is -0.0132 e. The zero-order chi connectivity index (χ0) is 11.6. The van der Waals surface area contributed by atoms with Crippen LogP contribution < -0.4 is 0 Å². The van der Waals surface area contributed by atoms with Gasteiger partial charge in [-0.25, -0.2) is 0 Å². The van der Waals surface area contributed by atoms with Crippen molar-refractivity contribution in [2.75, 3.05) is 0 Å². The second-order valence-corrected chi connectivity index (χ2v) is 6.30. The lowest BCUT2D eigenvalue weighted by atomic mass is 9.87. The normalized spacial score (nSPS) is 26.7. The van der Waals surface area contributed by atoms with Crippen molar-refractivity contribution in [1.82, 2.24) is 0 Å². The molecule has 2 aliphatic rings. The molecule has 0 amide bonds. The van der Waals surface area contributed by atoms with Crippen LogP contribution >= 0.6 is 0 Å². The van der Waals surface area contributed by atoms with Gasteiger partial charge in [-0.2, -0.15) is 0 Å². The van der Waals surface area contributed by atoms with Crippen molar-refractivity contribution in [2.45, 2.75) is 51.9 Å². The van der Waals surface area contributed by atoms with E-state index in [0.717, 1.165) is 0 Å². The lowest BCUT2D eigenvalue weighted by molar-refractivity contribution is 0.590. The highest BCUT2D eigenvalue weighted by Crippen LogP contribution is 2.51. The molecule has 2 fully saturated rings. The molecule has 2 atom stereocenters. The van der Waals surface area contributed by atoms with Gasteiger partial charge in [0.1, 0.15) is 0 Å². The molecule has 2 aliphatic carbocycles. The van der Waals surface area contributed by atoms with E-state index in [0.29, 0.717) is 5.41 Å². The van der Waals surface area contributed by atoms with Crippen molar-refractivity contribution >= 4 is 0 Å². The molecule has 0 heterocycles. The molecule has 1 aromatic rings. The highest BCUT2D eigenvalue weighted by molar-refractivity contribution is 5.21. The minimum absolute atomic E-state index is 0.293. The zero-order valence-electron chi connectivity index (χ0n) is 10.9. The zero-order valence-corrected chi connectivity index (χ0v) is 10.9. The van der Waals surface area contributed by atoms with Crippen LogP contribution in [0.3, 0.4) is 0 Å². The summed E-state index contributed by atoms with van der Waals surface area (Å²) in [4.78, 5) is 0. The molecule has 0 spiro atoms. The Hall–Kier alpha value is -0.780. The van der Waals surface area contributed by atoms with Crippen molar-refractivity contribution in [3.63, 3.8) is 0 Å². The van der Waals surface area contributed by atoms with E-state index in [2.05, 4.69) is 51.1 Å². The van der Waals surface area contributed by atoms with Gasteiger partial charge in [0.15, 0.2) is 0 Å². The van der Waals surface area contributed by atoms with E-state index in [1.807, 2.05) is 0 Å². The van der Waals surface area contributed by atoms with Gasteiger partial charge in [-0.3, -0.25) is 0 Å². The summed E-state index contributed by atoms with van der Waals surface area (Å²) in [5.74, 6) is 2.43. The van der Waals surface area contributed by atoms with Crippen LogP contribution in [0.25, 0.3) is 0 Å². The molecule has 16 heavy (non-hydrogen) atoms. The predicted octanol–water partition coefficient (Wildman–Crippen LogP) is 4.79. The van der Waals surface area contributed by atoms with Gasteiger partial charge >= 0.3 is 0 Å². The first kappa shape index (κ1) is 11.7. The Labute approximate surface area is 100 Å². The average molecular weight is 216 g/mol. The van der Waals surface area contributed by atoms with E-state index >= 15 is 0 Å². The first-order valence-corrected chi connectivity index (χ1v) is 6.63. The fourth-order valence-corrected chi connectivity index (χ4v) is 2.60. The van der Waals surface area contributed by atoms with E-state index in [1.165, 1.54) is 23.8 Å². The van der Waals surface area contributed by atoms with Crippen LogP contribution in [0, 0.1) is 11.8 Å². The van der Waals surface area contributed by atoms with Gasteiger partial charge in [0.2, 0.25) is 0 Å². The lowest BCUT2D eigenvalue weighted by Gasteiger charge is -2.18. The van der Waals surface area contributed by atoms with Gasteiger partial charge in [-0.1, -0.05) is 70.4 Å². The summed E-state index contributed by atoms with van der Waals surface area (Å²) < 4.78 is 0. The summed E-state index contributed by atoms with van der Waals surface area (Å²) >= 11 is 0. The minimum Gasteiger partial charge on any atom is -0.0622 e. The van der Waals surface area contributed by atoms with Crippen molar-refractivity contribution in [2.24, 2.45) is 11.8 Å². The molecule has 0 N–H and O–H groups in total. The molecule has 0 bridgehead atoms. The summed E-state index contributed by atoms with van der Waals surface area (Å²) in [6.45, 7) is 6.67. The van der Waals surface area contributed by atoms with E-state index in [4.69, 9.17) is 0 Å². The van der Waals surface area contributed by atoms with Crippen molar-refractivity contribution in [1.29, 1.82) is 0 Å². The van der Waals surface area contributed by atoms with E-state index in [-0.39, 0.29) is 0 Å². The lowest BCUT2D eigenvalue weighted by Crippen LogP contribution is -2.10. The van der Waals surface area contributed by atoms with Crippen LogP contribution in [0.15, 0.2) is 30.3 Å². The van der Waals surface area contributed by atoms with Gasteiger partial charge in [0.25, 0.3) is 0 Å². The van der Waals surface area contributed by atoms with Crippen LogP contribution in [-0.2, 0) is 5.41 Å². The van der Waals surface area contributed by atoms with E-state index < -0.39 is 0 Å². The maximum absolute atomic E-state index is 2.22. The fraction of sp³-hybridized carbons (Fsp3) is 0.625. The molecule has 0 heteroatoms. The molecule has 0 radical (unpaired) electrons. The number of fused-ring (bicyclic) bond motifs is 1. The summed E-state index contributed by atoms with van der Waals surface area (Å²) in [6, 6.07) is 10.6. The maximum atomic E-state index is 2.22. The second-order valence-electron chi connectivity index (χ2n) is 6.30. The predicted molar refractivity (Wildman–Crippen MR) is 70.6 cm³/mol. The molecule has 2 saturated carbocycles. The average Bonchev–Trinajstić information content (AvgIpc) is 2.87. The Balaban J connectivity index is 0.000000134. The summed E-state index contributed by atoms with van der Waals surface area (Å²) in [6.07, 6.45) is 6.24. The summed E-state index contributed by atoms with van der Waals surface area (Å²) in [5.41, 5.74) is 1.69. The molecular weight excluding hydrogens is 192 g/mol. The van der Waals surface area contributed by atoms with Gasteiger partial charge < -0.3 is 0 Å². The Morgan fingerprint density at radius 3 is 1.75 bits per heavy atom. The molecular formula is C16H24. The first-order chi connectivity index (χ1) is 7.57. The van der Waals surface area contributed by atoms with Crippen LogP contribution in [0.1, 0.15) is 52.0 Å². The molecule has 0 saturated heterocycles. The number of rotatable bonds is 0. The monoisotopic (exact) mass is 216 g/mol. The van der Waals surface area contributed by atoms with Gasteiger partial charge in [-0.05, 0) is 29.2 Å². The van der Waals surface area contributed by atoms with Gasteiger partial charge in [-0.15, -0.1) is 0 Å². The molecule has 2 unspecified atom stereocenters. The largest absolute Gasteiger partial charge is 0.0622 e. The number of hydrogen-bond acceptors (Lipinski definition) is 0. The Kier molecular flexibility index (Phi) is 3.37. The fourth-order valence-electron chi connectivity index (χ4n) is 2.60. The Bertz CT molecular complexity index is 310. The van der Waals surface area contributed by atoms with Crippen LogP contribution in [-0.4, -0.2) is 0 Å². The molecule has 0 aliphatic heterocycles. The van der Waals surface area contributed by atoms with Crippen molar-refractivity contribution in [3.05, 3.63) is 35.9 Å². The molecule has 0 nitrogen and oxygen atoms in total. The van der Waals surface area contributed by atoms with Gasteiger partial charge in [0, 0.05) is 0 Å². The van der Waals surface area contributed by atoms with E-state index in [1.54, 1.807) is 19.3 Å². The molecule has 0 aromatic heterocycles. The standard InChI is InChI=1S/C10H14.C6H10/c1-10(2,3)9-7-5-4-6-8-9;1-2-5-4-6(5)3-1/h4-8H,1-3H3;5-6H,1-4H2. The van der Waals surface area contributed by atoms with Crippen LogP contribution in [0.5, 0.6) is 0 Å². The Morgan fingerprint density at radius 2 is 1.50 bits per heavy atom. The molecule has 88 valence electrons. The van der Waals surface area contributed by atoms with Crippen molar-refractivity contribution < 1.29 is 0 Å². The highest BCUT2D eigenvalue weighted by Gasteiger charge is 2.40. The molecule has 1 aromatic carbocycles. The third-order valence-electron chi connectivity index (χ3n) is 3.86. The third kappa shape index (κ3) is 3.10. The Morgan fingerprint density at radius 1 is 0.938 bits per heavy atom. The number of benzene rings is 1. The summed E-state index contributed by atoms with van der Waals surface area (Å²) in [5, 5.41) is 0. The smallest absolute Gasteiger partial charge is 0.0132 e. The SMILES string of the molecule is C1CC2CC2C1.CC(C)(C)c1ccccc1.